The molecule has 1 aliphatic carbocycles. The number of rotatable bonds is 2. The number of nitrogens with zero attached hydrogens (tertiary/aromatic N) is 4. The van der Waals surface area contributed by atoms with E-state index in [4.69, 9.17) is 9.97 Å². The highest BCUT2D eigenvalue weighted by molar-refractivity contribution is 6.32. The molecule has 0 radical (unpaired) electrons. The minimum Gasteiger partial charge on any atom is -0.308 e. The molecule has 0 aliphatic heterocycles. The van der Waals surface area contributed by atoms with Crippen molar-refractivity contribution in [3.05, 3.63) is 133 Å². The Bertz CT molecular complexity index is 2820. The second-order valence-electron chi connectivity index (χ2n) is 11.9. The number of aryl methyl sites for hydroxylation is 2. The molecular weight excluding hydrogens is 536 g/mol. The van der Waals surface area contributed by atoms with Gasteiger partial charge in [-0.3, -0.25) is 4.57 Å². The Morgan fingerprint density at radius 2 is 1.45 bits per heavy atom. The van der Waals surface area contributed by atoms with Crippen molar-refractivity contribution in [1.82, 2.24) is 18.9 Å². The van der Waals surface area contributed by atoms with Gasteiger partial charge in [0.2, 0.25) is 0 Å². The zero-order valence-electron chi connectivity index (χ0n) is 23.6. The smallest absolute Gasteiger partial charge is 0.165 e. The van der Waals surface area contributed by atoms with Crippen LogP contribution in [0.5, 0.6) is 0 Å². The first-order chi connectivity index (χ1) is 21.8. The summed E-state index contributed by atoms with van der Waals surface area (Å²) in [6.07, 6.45) is 1.89. The molecule has 10 aromatic rings. The van der Waals surface area contributed by atoms with E-state index in [1.165, 1.54) is 71.0 Å². The van der Waals surface area contributed by atoms with E-state index in [9.17, 15) is 0 Å². The fourth-order valence-electron chi connectivity index (χ4n) is 8.03. The molecule has 0 amide bonds. The van der Waals surface area contributed by atoms with Crippen molar-refractivity contribution in [2.24, 2.45) is 0 Å². The van der Waals surface area contributed by atoms with E-state index in [1.54, 1.807) is 0 Å². The first-order valence-corrected chi connectivity index (χ1v) is 15.2. The highest BCUT2D eigenvalue weighted by Gasteiger charge is 2.29. The number of fused-ring (bicyclic) bond motifs is 5. The molecule has 4 heterocycles. The monoisotopic (exact) mass is 558 g/mol. The molecule has 0 N–H and O–H groups in total. The first kappa shape index (κ1) is 22.6. The number of hydrogen-bond acceptors (Lipinski definition) is 2. The summed E-state index contributed by atoms with van der Waals surface area (Å²) in [5.74, 6) is 0.847. The van der Waals surface area contributed by atoms with Gasteiger partial charge in [0.1, 0.15) is 5.69 Å². The zero-order chi connectivity index (χ0) is 28.5. The van der Waals surface area contributed by atoms with E-state index in [0.29, 0.717) is 0 Å². The van der Waals surface area contributed by atoms with Crippen LogP contribution in [-0.2, 0) is 12.8 Å². The predicted molar refractivity (Wildman–Crippen MR) is 179 cm³/mol. The van der Waals surface area contributed by atoms with Crippen molar-refractivity contribution in [2.75, 3.05) is 0 Å². The summed E-state index contributed by atoms with van der Waals surface area (Å²) in [5, 5.41) is 9.15. The van der Waals surface area contributed by atoms with Crippen molar-refractivity contribution < 1.29 is 0 Å². The van der Waals surface area contributed by atoms with Crippen molar-refractivity contribution >= 4 is 70.8 Å². The third-order valence-electron chi connectivity index (χ3n) is 9.76. The number of hydrogen-bond donors (Lipinski definition) is 0. The molecule has 0 saturated carbocycles. The van der Waals surface area contributed by atoms with Gasteiger partial charge < -0.3 is 4.40 Å². The maximum absolute atomic E-state index is 5.36. The van der Waals surface area contributed by atoms with Gasteiger partial charge in [0.05, 0.1) is 38.7 Å². The maximum atomic E-state index is 5.36. The van der Waals surface area contributed by atoms with Crippen LogP contribution in [0.4, 0.5) is 0 Å². The Morgan fingerprint density at radius 3 is 2.36 bits per heavy atom. The fourth-order valence-corrected chi connectivity index (χ4v) is 8.03. The largest absolute Gasteiger partial charge is 0.308 e. The molecule has 0 spiro atoms. The van der Waals surface area contributed by atoms with Crippen molar-refractivity contribution in [3.63, 3.8) is 0 Å². The summed E-state index contributed by atoms with van der Waals surface area (Å²) in [6.45, 7) is 0. The number of para-hydroxylation sites is 3. The molecule has 6 aromatic carbocycles. The molecular formula is C40H22N4. The zero-order valence-corrected chi connectivity index (χ0v) is 23.6. The molecule has 44 heavy (non-hydrogen) atoms. The Labute approximate surface area is 251 Å². The fraction of sp³-hybridized carbons (Fsp3) is 0.0500. The van der Waals surface area contributed by atoms with Gasteiger partial charge in [-0.25, -0.2) is 9.97 Å². The summed E-state index contributed by atoms with van der Waals surface area (Å²) in [4.78, 5) is 10.6. The quantitative estimate of drug-likeness (QED) is 0.212. The van der Waals surface area contributed by atoms with Crippen LogP contribution in [0.1, 0.15) is 11.3 Å². The van der Waals surface area contributed by atoms with Gasteiger partial charge in [0, 0.05) is 38.0 Å². The van der Waals surface area contributed by atoms with Crippen LogP contribution in [0.3, 0.4) is 0 Å². The molecule has 0 unspecified atom stereocenters. The Balaban J connectivity index is 1.44. The molecule has 0 bridgehead atoms. The minimum absolute atomic E-state index is 0.823. The molecule has 1 aliphatic rings. The van der Waals surface area contributed by atoms with Gasteiger partial charge in [0.15, 0.2) is 5.82 Å². The van der Waals surface area contributed by atoms with E-state index in [1.807, 2.05) is 30.3 Å². The average molecular weight is 559 g/mol. The SMILES string of the molecule is c1cccc(-c2nc3ccccc3nc2-n2c3c4c5c(ccc6c7ccccc7n(c7cccc8ccc2c4c87)c65)CC3)c#1. The lowest BCUT2D eigenvalue weighted by Crippen LogP contribution is -2.10. The van der Waals surface area contributed by atoms with E-state index in [2.05, 4.69) is 100.0 Å². The van der Waals surface area contributed by atoms with Crippen LogP contribution < -0.4 is 0 Å². The predicted octanol–water partition coefficient (Wildman–Crippen LogP) is 9.24. The van der Waals surface area contributed by atoms with E-state index in [-0.39, 0.29) is 0 Å². The van der Waals surface area contributed by atoms with E-state index >= 15 is 0 Å². The Morgan fingerprint density at radius 1 is 0.591 bits per heavy atom. The summed E-state index contributed by atoms with van der Waals surface area (Å²) in [6, 6.07) is 45.5. The summed E-state index contributed by atoms with van der Waals surface area (Å²) < 4.78 is 4.94. The molecule has 0 fully saturated rings. The van der Waals surface area contributed by atoms with Gasteiger partial charge in [-0.15, -0.1) is 0 Å². The van der Waals surface area contributed by atoms with E-state index < -0.39 is 0 Å². The third kappa shape index (κ3) is 2.66. The van der Waals surface area contributed by atoms with Gasteiger partial charge >= 0.3 is 0 Å². The van der Waals surface area contributed by atoms with Crippen molar-refractivity contribution in [1.29, 1.82) is 0 Å². The number of aromatic nitrogens is 4. The van der Waals surface area contributed by atoms with Crippen LogP contribution in [0.25, 0.3) is 87.9 Å². The number of benzene rings is 5. The van der Waals surface area contributed by atoms with Crippen LogP contribution >= 0.6 is 0 Å². The van der Waals surface area contributed by atoms with Gasteiger partial charge in [-0.1, -0.05) is 78.9 Å². The topological polar surface area (TPSA) is 35.1 Å². The van der Waals surface area contributed by atoms with E-state index in [0.717, 1.165) is 41.0 Å². The summed E-state index contributed by atoms with van der Waals surface area (Å²) >= 11 is 0. The van der Waals surface area contributed by atoms with Crippen LogP contribution in [0.15, 0.2) is 109 Å². The van der Waals surface area contributed by atoms with Gasteiger partial charge in [0.25, 0.3) is 0 Å². The van der Waals surface area contributed by atoms with Crippen LogP contribution in [-0.4, -0.2) is 18.9 Å². The van der Waals surface area contributed by atoms with Crippen molar-refractivity contribution in [2.45, 2.75) is 12.8 Å². The first-order valence-electron chi connectivity index (χ1n) is 15.2. The second-order valence-corrected chi connectivity index (χ2v) is 11.9. The van der Waals surface area contributed by atoms with Gasteiger partial charge in [-0.05, 0) is 66.3 Å². The summed E-state index contributed by atoms with van der Waals surface area (Å²) in [7, 11) is 0. The van der Waals surface area contributed by atoms with Gasteiger partial charge in [-0.2, -0.15) is 0 Å². The van der Waals surface area contributed by atoms with Crippen LogP contribution in [0, 0.1) is 12.1 Å². The highest BCUT2D eigenvalue weighted by Crippen LogP contribution is 2.48. The molecule has 4 nitrogen and oxygen atoms in total. The lowest BCUT2D eigenvalue weighted by Gasteiger charge is -2.18. The normalized spacial score (nSPS) is 13.1. The molecule has 0 atom stereocenters. The lowest BCUT2D eigenvalue weighted by molar-refractivity contribution is 0.869. The molecule has 4 heteroatoms. The average Bonchev–Trinajstić information content (AvgIpc) is 3.56. The molecule has 11 rings (SSSR count). The van der Waals surface area contributed by atoms with Crippen molar-refractivity contribution in [3.8, 4) is 17.1 Å². The second kappa shape index (κ2) is 7.92. The maximum Gasteiger partial charge on any atom is 0.165 e. The lowest BCUT2D eigenvalue weighted by atomic mass is 9.91. The standard InChI is InChI=1S/C40H22N4/c1-2-9-25(10-3-1)38-40(42-29-14-6-5-13-28(29)41-38)44-32-21-18-23-11-8-16-31-34(23)36(32)37-33(44)22-19-24-17-20-27-26-12-4-7-15-30(26)43(31)39(27)35(24)37/h1-2,4-9,11-18,20-21H,19,22H2. The highest BCUT2D eigenvalue weighted by atomic mass is 15.1. The summed E-state index contributed by atoms with van der Waals surface area (Å²) in [5.41, 5.74) is 11.1. The molecule has 4 aromatic heterocycles. The Hall–Kier alpha value is -5.92. The Kier molecular flexibility index (Phi) is 4.08. The molecule has 0 saturated heterocycles. The molecule has 202 valence electrons. The third-order valence-corrected chi connectivity index (χ3v) is 9.76. The minimum atomic E-state index is 0.823. The van der Waals surface area contributed by atoms with Crippen LogP contribution in [0.2, 0.25) is 0 Å².